The second kappa shape index (κ2) is 12.2. The van der Waals surface area contributed by atoms with Crippen LogP contribution in [0.1, 0.15) is 76.2 Å². The number of ether oxygens (including phenoxy) is 2. The molecule has 41 heavy (non-hydrogen) atoms. The lowest BCUT2D eigenvalue weighted by Crippen LogP contribution is -2.67. The van der Waals surface area contributed by atoms with Crippen LogP contribution in [0.2, 0.25) is 0 Å². The Labute approximate surface area is 242 Å². The lowest BCUT2D eigenvalue weighted by molar-refractivity contribution is -0.467. The molecule has 2 aromatic carbocycles. The van der Waals surface area contributed by atoms with E-state index in [9.17, 15) is 19.5 Å². The van der Waals surface area contributed by atoms with Crippen LogP contribution in [0.5, 0.6) is 5.75 Å². The Morgan fingerprint density at radius 3 is 2.46 bits per heavy atom. The standard InChI is InChI=1S/C32H42N3O6/c1-30(2,3)41-29(39)34-31(4,5)28(38)33-24(17-16-22-12-7-6-8-13-22)27(37)35-19-11-18-32(21-35)20-25(36)23-14-9-10-15-26(23)40-32/h6-10,12-15,24,27H,11,16-21H2,1-5H3,(H,33,38)(H,34,39)/q-1/t24-,27?,32?/m1/s1. The van der Waals surface area contributed by atoms with Crippen LogP contribution < -0.4 is 20.5 Å². The zero-order valence-corrected chi connectivity index (χ0v) is 24.7. The van der Waals surface area contributed by atoms with Gasteiger partial charge in [-0.1, -0.05) is 42.5 Å². The first kappa shape index (κ1) is 30.5. The van der Waals surface area contributed by atoms with E-state index in [1.165, 1.54) is 0 Å². The van der Waals surface area contributed by atoms with E-state index in [2.05, 4.69) is 10.6 Å². The largest absolute Gasteiger partial charge is 0.839 e. The molecule has 4 rings (SSSR count). The van der Waals surface area contributed by atoms with Crippen molar-refractivity contribution < 1.29 is 29.0 Å². The van der Waals surface area contributed by atoms with Gasteiger partial charge in [0.2, 0.25) is 5.91 Å². The van der Waals surface area contributed by atoms with Gasteiger partial charge in [0, 0.05) is 12.6 Å². The Hall–Kier alpha value is -3.43. The highest BCUT2D eigenvalue weighted by molar-refractivity contribution is 6.00. The second-order valence-corrected chi connectivity index (χ2v) is 12.7. The molecule has 0 aliphatic carbocycles. The summed E-state index contributed by atoms with van der Waals surface area (Å²) in [5, 5.41) is 19.6. The van der Waals surface area contributed by atoms with E-state index in [4.69, 9.17) is 9.47 Å². The zero-order valence-electron chi connectivity index (χ0n) is 24.7. The maximum Gasteiger partial charge on any atom is 0.408 e. The van der Waals surface area contributed by atoms with Gasteiger partial charge in [0.15, 0.2) is 5.78 Å². The van der Waals surface area contributed by atoms with Crippen molar-refractivity contribution in [2.24, 2.45) is 0 Å². The summed E-state index contributed by atoms with van der Waals surface area (Å²) in [5.41, 5.74) is -1.20. The number of carbonyl (C=O) groups is 3. The van der Waals surface area contributed by atoms with Crippen LogP contribution in [0.4, 0.5) is 4.79 Å². The smallest absolute Gasteiger partial charge is 0.408 e. The number of hydrogen-bond acceptors (Lipinski definition) is 7. The normalized spacial score (nSPS) is 20.9. The van der Waals surface area contributed by atoms with Crippen molar-refractivity contribution in [2.75, 3.05) is 13.1 Å². The molecule has 2 unspecified atom stereocenters. The van der Waals surface area contributed by atoms with Crippen molar-refractivity contribution in [2.45, 2.75) is 95.7 Å². The lowest BCUT2D eigenvalue weighted by Gasteiger charge is -2.51. The highest BCUT2D eigenvalue weighted by Crippen LogP contribution is 2.38. The molecule has 0 bridgehead atoms. The fraction of sp³-hybridized carbons (Fsp3) is 0.531. The van der Waals surface area contributed by atoms with Gasteiger partial charge in [0.25, 0.3) is 0 Å². The number of fused-ring (bicyclic) bond motifs is 1. The van der Waals surface area contributed by atoms with Gasteiger partial charge >= 0.3 is 6.09 Å². The van der Waals surface area contributed by atoms with Crippen LogP contribution in [0.3, 0.4) is 0 Å². The van der Waals surface area contributed by atoms with Crippen molar-refractivity contribution in [3.05, 3.63) is 65.7 Å². The summed E-state index contributed by atoms with van der Waals surface area (Å²) < 4.78 is 11.7. The molecular formula is C32H42N3O6-. The molecule has 2 N–H and O–H groups in total. The Bertz CT molecular complexity index is 1240. The van der Waals surface area contributed by atoms with Gasteiger partial charge < -0.3 is 30.1 Å². The van der Waals surface area contributed by atoms with Crippen LogP contribution in [0.15, 0.2) is 54.6 Å². The number of nitrogens with zero attached hydrogens (tertiary/aromatic N) is 1. The number of alkyl carbamates (subject to hydrolysis) is 1. The van der Waals surface area contributed by atoms with Crippen LogP contribution in [-0.2, 0) is 16.0 Å². The van der Waals surface area contributed by atoms with Crippen LogP contribution in [0.25, 0.3) is 0 Å². The Morgan fingerprint density at radius 1 is 1.07 bits per heavy atom. The Morgan fingerprint density at radius 2 is 1.76 bits per heavy atom. The number of likely N-dealkylation sites (tertiary alicyclic amines) is 1. The number of carbonyl (C=O) groups excluding carboxylic acids is 3. The number of ketones is 1. The molecule has 2 heterocycles. The monoisotopic (exact) mass is 564 g/mol. The topological polar surface area (TPSA) is 120 Å². The molecule has 9 heteroatoms. The SMILES string of the molecule is CC(C)(C)OC(=O)NC(C)(C)C(=O)N[C@H](CCc1ccccc1)C([O-])N1CCCC2(CC(=O)c3ccccc3O2)C1. The molecule has 2 aliphatic rings. The van der Waals surface area contributed by atoms with Crippen LogP contribution in [-0.4, -0.2) is 64.8 Å². The van der Waals surface area contributed by atoms with Crippen molar-refractivity contribution in [1.82, 2.24) is 15.5 Å². The van der Waals surface area contributed by atoms with E-state index in [-0.39, 0.29) is 12.2 Å². The number of aryl methyl sites for hydroxylation is 1. The molecule has 1 saturated heterocycles. The number of benzene rings is 2. The van der Waals surface area contributed by atoms with E-state index in [1.54, 1.807) is 51.7 Å². The summed E-state index contributed by atoms with van der Waals surface area (Å²) >= 11 is 0. The van der Waals surface area contributed by atoms with E-state index in [0.717, 1.165) is 5.56 Å². The van der Waals surface area contributed by atoms with Crippen molar-refractivity contribution in [1.29, 1.82) is 0 Å². The molecule has 222 valence electrons. The molecular weight excluding hydrogens is 522 g/mol. The zero-order chi connectivity index (χ0) is 29.8. The fourth-order valence-electron chi connectivity index (χ4n) is 5.49. The number of hydrogen-bond donors (Lipinski definition) is 2. The number of Topliss-reactive ketones (excluding diaryl/α,β-unsaturated/α-hetero) is 1. The Kier molecular flexibility index (Phi) is 9.09. The molecule has 3 atom stereocenters. The molecule has 0 aromatic heterocycles. The first-order valence-electron chi connectivity index (χ1n) is 14.3. The summed E-state index contributed by atoms with van der Waals surface area (Å²) in [5.74, 6) is 0.0870. The summed E-state index contributed by atoms with van der Waals surface area (Å²) in [4.78, 5) is 40.6. The van der Waals surface area contributed by atoms with E-state index in [1.807, 2.05) is 42.5 Å². The number of para-hydroxylation sites is 1. The minimum Gasteiger partial charge on any atom is -0.839 e. The molecule has 2 aliphatic heterocycles. The molecule has 9 nitrogen and oxygen atoms in total. The highest BCUT2D eigenvalue weighted by Gasteiger charge is 2.44. The summed E-state index contributed by atoms with van der Waals surface area (Å²) in [6, 6.07) is 16.2. The number of piperidine rings is 1. The summed E-state index contributed by atoms with van der Waals surface area (Å²) in [6.07, 6.45) is 0.567. The lowest BCUT2D eigenvalue weighted by atomic mass is 9.83. The van der Waals surface area contributed by atoms with E-state index < -0.39 is 41.0 Å². The van der Waals surface area contributed by atoms with Crippen LogP contribution in [0, 0.1) is 0 Å². The predicted molar refractivity (Wildman–Crippen MR) is 153 cm³/mol. The van der Waals surface area contributed by atoms with Gasteiger partial charge in [-0.25, -0.2) is 4.79 Å². The predicted octanol–water partition coefficient (Wildman–Crippen LogP) is 3.59. The third-order valence-electron chi connectivity index (χ3n) is 7.55. The molecule has 2 amide bonds. The molecule has 0 saturated carbocycles. The van der Waals surface area contributed by atoms with E-state index >= 15 is 0 Å². The summed E-state index contributed by atoms with van der Waals surface area (Å²) in [6.45, 7) is 9.22. The van der Waals surface area contributed by atoms with Gasteiger partial charge in [0.1, 0.15) is 22.5 Å². The van der Waals surface area contributed by atoms with Gasteiger partial charge in [-0.2, -0.15) is 0 Å². The van der Waals surface area contributed by atoms with Gasteiger partial charge in [-0.3, -0.25) is 9.59 Å². The van der Waals surface area contributed by atoms with Gasteiger partial charge in [-0.05, 0) is 90.8 Å². The third kappa shape index (κ3) is 7.86. The first-order chi connectivity index (χ1) is 19.3. The molecule has 1 spiro atoms. The minimum absolute atomic E-state index is 0.0139. The van der Waals surface area contributed by atoms with Gasteiger partial charge in [0.05, 0.1) is 12.0 Å². The Balaban J connectivity index is 1.50. The fourth-order valence-corrected chi connectivity index (χ4v) is 5.49. The number of nitrogens with one attached hydrogen (secondary N) is 2. The molecule has 2 aromatic rings. The van der Waals surface area contributed by atoms with Crippen molar-refractivity contribution >= 4 is 17.8 Å². The maximum atomic E-state index is 14.1. The average Bonchev–Trinajstić information content (AvgIpc) is 2.89. The maximum absolute atomic E-state index is 14.1. The summed E-state index contributed by atoms with van der Waals surface area (Å²) in [7, 11) is 0. The molecule has 0 radical (unpaired) electrons. The molecule has 1 fully saturated rings. The average molecular weight is 565 g/mol. The third-order valence-corrected chi connectivity index (χ3v) is 7.55. The number of rotatable bonds is 8. The van der Waals surface area contributed by atoms with Crippen molar-refractivity contribution in [3.8, 4) is 5.75 Å². The van der Waals surface area contributed by atoms with Crippen LogP contribution >= 0.6 is 0 Å². The number of amides is 2. The quantitative estimate of drug-likeness (QED) is 0.503. The van der Waals surface area contributed by atoms with Crippen molar-refractivity contribution in [3.63, 3.8) is 0 Å². The minimum atomic E-state index is -1.32. The van der Waals surface area contributed by atoms with E-state index in [0.29, 0.717) is 50.1 Å². The highest BCUT2D eigenvalue weighted by atomic mass is 16.6. The van der Waals surface area contributed by atoms with Gasteiger partial charge in [-0.15, -0.1) is 0 Å². The second-order valence-electron chi connectivity index (χ2n) is 12.7. The first-order valence-corrected chi connectivity index (χ1v) is 14.3.